The lowest BCUT2D eigenvalue weighted by Crippen LogP contribution is -2.39. The largest absolute Gasteiger partial charge is 0.355 e. The maximum atomic E-state index is 13.3. The summed E-state index contributed by atoms with van der Waals surface area (Å²) in [6.45, 7) is 0.580. The molecule has 28 heavy (non-hydrogen) atoms. The Bertz CT molecular complexity index is 934. The van der Waals surface area contributed by atoms with Crippen LogP contribution in [0.5, 0.6) is 0 Å². The number of thiazole rings is 1. The molecule has 6 heteroatoms. The number of halogens is 1. The molecule has 0 spiro atoms. The number of nitrogens with one attached hydrogen (secondary N) is 1. The summed E-state index contributed by atoms with van der Waals surface area (Å²) in [5.74, 6) is -0.259. The SMILES string of the molecule is O=C(Cc1csc(-c2cccnc2)n1)NCC1(c2ccc(F)cc2)CCCC1. The van der Waals surface area contributed by atoms with Crippen molar-refractivity contribution >= 4 is 17.2 Å². The van der Waals surface area contributed by atoms with E-state index in [1.54, 1.807) is 12.4 Å². The summed E-state index contributed by atoms with van der Waals surface area (Å²) in [6, 6.07) is 10.6. The molecule has 1 amide bonds. The second-order valence-electron chi connectivity index (χ2n) is 7.33. The maximum absolute atomic E-state index is 13.3. The number of hydrogen-bond donors (Lipinski definition) is 1. The lowest BCUT2D eigenvalue weighted by atomic mass is 9.79. The molecule has 0 bridgehead atoms. The topological polar surface area (TPSA) is 54.9 Å². The number of amides is 1. The van der Waals surface area contributed by atoms with Gasteiger partial charge in [0.25, 0.3) is 0 Å². The van der Waals surface area contributed by atoms with Crippen molar-refractivity contribution < 1.29 is 9.18 Å². The van der Waals surface area contributed by atoms with E-state index in [4.69, 9.17) is 0 Å². The normalized spacial score (nSPS) is 15.5. The summed E-state index contributed by atoms with van der Waals surface area (Å²) < 4.78 is 13.3. The van der Waals surface area contributed by atoms with Crippen LogP contribution >= 0.6 is 11.3 Å². The minimum atomic E-state index is -0.228. The predicted molar refractivity (Wildman–Crippen MR) is 109 cm³/mol. The van der Waals surface area contributed by atoms with Crippen LogP contribution in [-0.2, 0) is 16.6 Å². The van der Waals surface area contributed by atoms with E-state index in [-0.39, 0.29) is 23.6 Å². The Morgan fingerprint density at radius 1 is 1.18 bits per heavy atom. The number of benzene rings is 1. The third kappa shape index (κ3) is 4.12. The predicted octanol–water partition coefficient (Wildman–Crippen LogP) is 4.51. The number of carbonyl (C=O) groups is 1. The molecule has 2 heterocycles. The molecule has 1 N–H and O–H groups in total. The van der Waals surface area contributed by atoms with Gasteiger partial charge in [0.05, 0.1) is 12.1 Å². The first kappa shape index (κ1) is 18.7. The van der Waals surface area contributed by atoms with Gasteiger partial charge < -0.3 is 5.32 Å². The van der Waals surface area contributed by atoms with E-state index in [0.29, 0.717) is 6.54 Å². The highest BCUT2D eigenvalue weighted by molar-refractivity contribution is 7.13. The zero-order chi connectivity index (χ0) is 19.4. The Labute approximate surface area is 167 Å². The Hall–Kier alpha value is -2.60. The van der Waals surface area contributed by atoms with Crippen LogP contribution in [0.4, 0.5) is 4.39 Å². The minimum absolute atomic E-state index is 0.0311. The highest BCUT2D eigenvalue weighted by Crippen LogP contribution is 2.40. The summed E-state index contributed by atoms with van der Waals surface area (Å²) in [4.78, 5) is 21.2. The Morgan fingerprint density at radius 2 is 1.96 bits per heavy atom. The van der Waals surface area contributed by atoms with Crippen molar-refractivity contribution in [2.75, 3.05) is 6.54 Å². The van der Waals surface area contributed by atoms with Crippen LogP contribution in [0.15, 0.2) is 54.2 Å². The molecule has 1 aliphatic carbocycles. The van der Waals surface area contributed by atoms with Gasteiger partial charge in [0.2, 0.25) is 5.91 Å². The van der Waals surface area contributed by atoms with Gasteiger partial charge in [-0.3, -0.25) is 9.78 Å². The summed E-state index contributed by atoms with van der Waals surface area (Å²) >= 11 is 1.52. The van der Waals surface area contributed by atoms with Crippen molar-refractivity contribution in [3.63, 3.8) is 0 Å². The van der Waals surface area contributed by atoms with E-state index in [1.807, 2.05) is 29.6 Å². The van der Waals surface area contributed by atoms with E-state index in [0.717, 1.165) is 47.5 Å². The highest BCUT2D eigenvalue weighted by Gasteiger charge is 2.35. The monoisotopic (exact) mass is 395 g/mol. The quantitative estimate of drug-likeness (QED) is 0.668. The highest BCUT2D eigenvalue weighted by atomic mass is 32.1. The number of rotatable bonds is 6. The fraction of sp³-hybridized carbons (Fsp3) is 0.318. The molecule has 0 unspecified atom stereocenters. The summed E-state index contributed by atoms with van der Waals surface area (Å²) in [6.07, 6.45) is 8.06. The maximum Gasteiger partial charge on any atom is 0.226 e. The lowest BCUT2D eigenvalue weighted by molar-refractivity contribution is -0.120. The number of carbonyl (C=O) groups excluding carboxylic acids is 1. The van der Waals surface area contributed by atoms with E-state index in [2.05, 4.69) is 15.3 Å². The zero-order valence-electron chi connectivity index (χ0n) is 15.5. The average molecular weight is 396 g/mol. The van der Waals surface area contributed by atoms with Gasteiger partial charge in [-0.15, -0.1) is 11.3 Å². The molecule has 0 radical (unpaired) electrons. The molecule has 4 rings (SSSR count). The first-order valence-electron chi connectivity index (χ1n) is 9.52. The molecular formula is C22H22FN3OS. The Balaban J connectivity index is 1.39. The van der Waals surface area contributed by atoms with Gasteiger partial charge in [-0.25, -0.2) is 9.37 Å². The van der Waals surface area contributed by atoms with E-state index in [9.17, 15) is 9.18 Å². The molecule has 0 aliphatic heterocycles. The molecule has 1 fully saturated rings. The first-order valence-corrected chi connectivity index (χ1v) is 10.4. The molecule has 4 nitrogen and oxygen atoms in total. The van der Waals surface area contributed by atoms with Crippen LogP contribution in [0, 0.1) is 5.82 Å². The number of pyridine rings is 1. The fourth-order valence-electron chi connectivity index (χ4n) is 3.93. The molecule has 2 aromatic heterocycles. The van der Waals surface area contributed by atoms with Crippen molar-refractivity contribution in [2.45, 2.75) is 37.5 Å². The average Bonchev–Trinajstić information content (AvgIpc) is 3.38. The standard InChI is InChI=1S/C22H22FN3OS/c23-18-7-5-17(6-8-18)22(9-1-2-10-22)15-25-20(27)12-19-14-28-21(26-19)16-4-3-11-24-13-16/h3-8,11,13-14H,1-2,9-10,12,15H2,(H,25,27). The van der Waals surface area contributed by atoms with Crippen LogP contribution < -0.4 is 5.32 Å². The fourth-order valence-corrected chi connectivity index (χ4v) is 4.74. The third-order valence-electron chi connectivity index (χ3n) is 5.44. The van der Waals surface area contributed by atoms with Gasteiger partial charge in [0.15, 0.2) is 0 Å². The van der Waals surface area contributed by atoms with Crippen molar-refractivity contribution in [2.24, 2.45) is 0 Å². The Kier molecular flexibility index (Phi) is 5.48. The van der Waals surface area contributed by atoms with Crippen LogP contribution in [0.2, 0.25) is 0 Å². The molecule has 0 atom stereocenters. The molecule has 1 saturated carbocycles. The first-order chi connectivity index (χ1) is 13.6. The van der Waals surface area contributed by atoms with Gasteiger partial charge in [-0.1, -0.05) is 25.0 Å². The van der Waals surface area contributed by atoms with Gasteiger partial charge in [-0.2, -0.15) is 0 Å². The van der Waals surface area contributed by atoms with Gasteiger partial charge >= 0.3 is 0 Å². The van der Waals surface area contributed by atoms with Crippen molar-refractivity contribution in [1.29, 1.82) is 0 Å². The molecule has 3 aromatic rings. The van der Waals surface area contributed by atoms with E-state index < -0.39 is 0 Å². The van der Waals surface area contributed by atoms with Crippen LogP contribution in [-0.4, -0.2) is 22.4 Å². The summed E-state index contributed by atoms with van der Waals surface area (Å²) in [7, 11) is 0. The number of hydrogen-bond acceptors (Lipinski definition) is 4. The summed E-state index contributed by atoms with van der Waals surface area (Å²) in [5, 5.41) is 5.89. The lowest BCUT2D eigenvalue weighted by Gasteiger charge is -2.30. The second kappa shape index (κ2) is 8.19. The molecule has 1 aliphatic rings. The van der Waals surface area contributed by atoms with Crippen molar-refractivity contribution in [3.05, 3.63) is 71.2 Å². The Morgan fingerprint density at radius 3 is 2.68 bits per heavy atom. The van der Waals surface area contributed by atoms with Gasteiger partial charge in [-0.05, 0) is 42.7 Å². The van der Waals surface area contributed by atoms with Crippen molar-refractivity contribution in [1.82, 2.24) is 15.3 Å². The van der Waals surface area contributed by atoms with E-state index in [1.165, 1.54) is 23.5 Å². The van der Waals surface area contributed by atoms with Gasteiger partial charge in [0, 0.05) is 35.3 Å². The van der Waals surface area contributed by atoms with Crippen LogP contribution in [0.1, 0.15) is 36.9 Å². The van der Waals surface area contributed by atoms with Crippen molar-refractivity contribution in [3.8, 4) is 10.6 Å². The zero-order valence-corrected chi connectivity index (χ0v) is 16.3. The minimum Gasteiger partial charge on any atom is -0.355 e. The van der Waals surface area contributed by atoms with Crippen LogP contribution in [0.3, 0.4) is 0 Å². The number of aromatic nitrogens is 2. The van der Waals surface area contributed by atoms with Gasteiger partial charge in [0.1, 0.15) is 10.8 Å². The number of nitrogens with zero attached hydrogens (tertiary/aromatic N) is 2. The van der Waals surface area contributed by atoms with E-state index >= 15 is 0 Å². The molecular weight excluding hydrogens is 373 g/mol. The smallest absolute Gasteiger partial charge is 0.226 e. The molecule has 144 valence electrons. The third-order valence-corrected chi connectivity index (χ3v) is 6.38. The molecule has 1 aromatic carbocycles. The second-order valence-corrected chi connectivity index (χ2v) is 8.19. The summed E-state index contributed by atoms with van der Waals surface area (Å²) in [5.41, 5.74) is 2.75. The molecule has 0 saturated heterocycles. The van der Waals surface area contributed by atoms with Crippen LogP contribution in [0.25, 0.3) is 10.6 Å².